The van der Waals surface area contributed by atoms with E-state index in [0.29, 0.717) is 6.61 Å². The highest BCUT2D eigenvalue weighted by molar-refractivity contribution is 14.1. The summed E-state index contributed by atoms with van der Waals surface area (Å²) in [5, 5.41) is 0. The van der Waals surface area contributed by atoms with Crippen LogP contribution < -0.4 is 4.74 Å². The number of carbonyl (C=O) groups is 1. The van der Waals surface area contributed by atoms with Gasteiger partial charge in [-0.2, -0.15) is 0 Å². The van der Waals surface area contributed by atoms with Gasteiger partial charge in [0.15, 0.2) is 5.78 Å². The molecule has 0 radical (unpaired) electrons. The molecule has 1 aromatic carbocycles. The van der Waals surface area contributed by atoms with Crippen LogP contribution in [0.15, 0.2) is 12.1 Å². The van der Waals surface area contributed by atoms with E-state index in [2.05, 4.69) is 29.5 Å². The van der Waals surface area contributed by atoms with Crippen LogP contribution in [-0.2, 0) is 6.42 Å². The van der Waals surface area contributed by atoms with Crippen molar-refractivity contribution in [1.82, 2.24) is 0 Å². The molecule has 0 fully saturated rings. The van der Waals surface area contributed by atoms with Gasteiger partial charge >= 0.3 is 0 Å². The number of carbonyl (C=O) groups excluding carboxylic acids is 1. The summed E-state index contributed by atoms with van der Waals surface area (Å²) in [6, 6.07) is 3.82. The standard InChI is InChI=1S/C12H15IO2/c1-4-10-11(8(3)14)6-9(15-5-2)7-12(10)13/h6-7H,4-5H2,1-3H3. The van der Waals surface area contributed by atoms with E-state index in [0.717, 1.165) is 26.9 Å². The molecule has 0 saturated heterocycles. The van der Waals surface area contributed by atoms with Crippen molar-refractivity contribution in [2.24, 2.45) is 0 Å². The summed E-state index contributed by atoms with van der Waals surface area (Å²) >= 11 is 2.25. The summed E-state index contributed by atoms with van der Waals surface area (Å²) in [4.78, 5) is 11.5. The van der Waals surface area contributed by atoms with Crippen LogP contribution in [-0.4, -0.2) is 12.4 Å². The Morgan fingerprint density at radius 1 is 1.40 bits per heavy atom. The van der Waals surface area contributed by atoms with Crippen molar-refractivity contribution in [3.05, 3.63) is 26.8 Å². The van der Waals surface area contributed by atoms with Gasteiger partial charge in [-0.3, -0.25) is 4.79 Å². The van der Waals surface area contributed by atoms with Gasteiger partial charge in [0.25, 0.3) is 0 Å². The van der Waals surface area contributed by atoms with Crippen molar-refractivity contribution in [3.8, 4) is 5.75 Å². The molecule has 0 unspecified atom stereocenters. The highest BCUT2D eigenvalue weighted by Crippen LogP contribution is 2.25. The summed E-state index contributed by atoms with van der Waals surface area (Å²) in [7, 11) is 0. The summed E-state index contributed by atoms with van der Waals surface area (Å²) < 4.78 is 6.52. The first-order valence-electron chi connectivity index (χ1n) is 5.06. The van der Waals surface area contributed by atoms with Crippen molar-refractivity contribution < 1.29 is 9.53 Å². The number of benzene rings is 1. The lowest BCUT2D eigenvalue weighted by Crippen LogP contribution is -2.03. The largest absolute Gasteiger partial charge is 0.494 e. The second kappa shape index (κ2) is 5.49. The highest BCUT2D eigenvalue weighted by atomic mass is 127. The third kappa shape index (κ3) is 2.93. The van der Waals surface area contributed by atoms with Crippen LogP contribution in [0.1, 0.15) is 36.7 Å². The van der Waals surface area contributed by atoms with Crippen molar-refractivity contribution in [2.75, 3.05) is 6.61 Å². The molecule has 0 bridgehead atoms. The fourth-order valence-corrected chi connectivity index (χ4v) is 2.51. The van der Waals surface area contributed by atoms with Crippen LogP contribution in [0, 0.1) is 3.57 Å². The Morgan fingerprint density at radius 2 is 2.07 bits per heavy atom. The molecular formula is C12H15IO2. The number of hydrogen-bond acceptors (Lipinski definition) is 2. The zero-order valence-corrected chi connectivity index (χ0v) is 11.4. The lowest BCUT2D eigenvalue weighted by molar-refractivity contribution is 0.101. The molecule has 0 heterocycles. The van der Waals surface area contributed by atoms with Gasteiger partial charge in [0, 0.05) is 9.13 Å². The van der Waals surface area contributed by atoms with E-state index >= 15 is 0 Å². The predicted octanol–water partition coefficient (Wildman–Crippen LogP) is 3.45. The fraction of sp³-hybridized carbons (Fsp3) is 0.417. The van der Waals surface area contributed by atoms with Gasteiger partial charge in [-0.1, -0.05) is 6.92 Å². The summed E-state index contributed by atoms with van der Waals surface area (Å²) in [6.07, 6.45) is 0.875. The predicted molar refractivity (Wildman–Crippen MR) is 69.7 cm³/mol. The molecular weight excluding hydrogens is 303 g/mol. The normalized spacial score (nSPS) is 10.1. The molecule has 15 heavy (non-hydrogen) atoms. The van der Waals surface area contributed by atoms with Crippen LogP contribution in [0.5, 0.6) is 5.75 Å². The van der Waals surface area contributed by atoms with Crippen LogP contribution in [0.3, 0.4) is 0 Å². The molecule has 0 atom stereocenters. The van der Waals surface area contributed by atoms with E-state index in [1.165, 1.54) is 0 Å². The third-order valence-corrected chi connectivity index (χ3v) is 3.18. The molecule has 1 aromatic rings. The second-order valence-electron chi connectivity index (χ2n) is 3.27. The van der Waals surface area contributed by atoms with E-state index in [-0.39, 0.29) is 5.78 Å². The number of ether oxygens (including phenoxy) is 1. The van der Waals surface area contributed by atoms with Crippen molar-refractivity contribution >= 4 is 28.4 Å². The van der Waals surface area contributed by atoms with Crippen LogP contribution in [0.2, 0.25) is 0 Å². The van der Waals surface area contributed by atoms with E-state index in [9.17, 15) is 4.79 Å². The molecule has 0 aromatic heterocycles. The molecule has 1 rings (SSSR count). The molecule has 0 aliphatic heterocycles. The lowest BCUT2D eigenvalue weighted by atomic mass is 10.0. The van der Waals surface area contributed by atoms with Gasteiger partial charge in [-0.25, -0.2) is 0 Å². The lowest BCUT2D eigenvalue weighted by Gasteiger charge is -2.11. The Morgan fingerprint density at radius 3 is 2.53 bits per heavy atom. The topological polar surface area (TPSA) is 26.3 Å². The molecule has 82 valence electrons. The first-order valence-corrected chi connectivity index (χ1v) is 6.14. The monoisotopic (exact) mass is 318 g/mol. The first kappa shape index (κ1) is 12.5. The number of rotatable bonds is 4. The van der Waals surface area contributed by atoms with E-state index in [4.69, 9.17) is 4.74 Å². The molecule has 2 nitrogen and oxygen atoms in total. The number of Topliss-reactive ketones (excluding diaryl/α,β-unsaturated/α-hetero) is 1. The fourth-order valence-electron chi connectivity index (χ4n) is 1.54. The molecule has 0 N–H and O–H groups in total. The second-order valence-corrected chi connectivity index (χ2v) is 4.44. The van der Waals surface area contributed by atoms with Gasteiger partial charge in [-0.05, 0) is 60.6 Å². The minimum atomic E-state index is 0.103. The van der Waals surface area contributed by atoms with Gasteiger partial charge in [-0.15, -0.1) is 0 Å². The van der Waals surface area contributed by atoms with E-state index in [1.807, 2.05) is 19.1 Å². The summed E-state index contributed by atoms with van der Waals surface area (Å²) in [5.74, 6) is 0.885. The Balaban J connectivity index is 3.25. The molecule has 3 heteroatoms. The Kier molecular flexibility index (Phi) is 4.57. The molecule has 0 amide bonds. The maximum absolute atomic E-state index is 11.5. The van der Waals surface area contributed by atoms with Gasteiger partial charge < -0.3 is 4.74 Å². The third-order valence-electron chi connectivity index (χ3n) is 2.21. The van der Waals surface area contributed by atoms with Crippen LogP contribution in [0.4, 0.5) is 0 Å². The Hall–Kier alpha value is -0.580. The van der Waals surface area contributed by atoms with Gasteiger partial charge in [0.05, 0.1) is 6.61 Å². The van der Waals surface area contributed by atoms with Crippen molar-refractivity contribution in [2.45, 2.75) is 27.2 Å². The smallest absolute Gasteiger partial charge is 0.160 e. The van der Waals surface area contributed by atoms with Crippen molar-refractivity contribution in [3.63, 3.8) is 0 Å². The number of ketones is 1. The molecule has 0 aliphatic rings. The summed E-state index contributed by atoms with van der Waals surface area (Å²) in [6.45, 7) is 6.22. The van der Waals surface area contributed by atoms with Crippen LogP contribution in [0.25, 0.3) is 0 Å². The van der Waals surface area contributed by atoms with E-state index < -0.39 is 0 Å². The molecule has 0 saturated carbocycles. The SMILES string of the molecule is CCOc1cc(I)c(CC)c(C(C)=O)c1. The molecule has 0 spiro atoms. The minimum Gasteiger partial charge on any atom is -0.494 e. The van der Waals surface area contributed by atoms with Crippen LogP contribution >= 0.6 is 22.6 Å². The average molecular weight is 318 g/mol. The van der Waals surface area contributed by atoms with Gasteiger partial charge in [0.1, 0.15) is 5.75 Å². The van der Waals surface area contributed by atoms with Gasteiger partial charge in [0.2, 0.25) is 0 Å². The number of hydrogen-bond donors (Lipinski definition) is 0. The minimum absolute atomic E-state index is 0.103. The quantitative estimate of drug-likeness (QED) is 0.628. The maximum atomic E-state index is 11.5. The first-order chi connectivity index (χ1) is 7.10. The zero-order valence-electron chi connectivity index (χ0n) is 9.26. The molecule has 0 aliphatic carbocycles. The number of halogens is 1. The Bertz CT molecular complexity index is 372. The summed E-state index contributed by atoms with van der Waals surface area (Å²) in [5.41, 5.74) is 1.90. The zero-order chi connectivity index (χ0) is 11.4. The Labute approximate surface area is 104 Å². The van der Waals surface area contributed by atoms with Crippen molar-refractivity contribution in [1.29, 1.82) is 0 Å². The highest BCUT2D eigenvalue weighted by Gasteiger charge is 2.11. The maximum Gasteiger partial charge on any atom is 0.160 e. The average Bonchev–Trinajstić information content (AvgIpc) is 2.17. The van der Waals surface area contributed by atoms with E-state index in [1.54, 1.807) is 6.92 Å².